The number of likely N-dealkylation sites (N-methyl/N-ethyl adjacent to an activating group) is 1. The molecule has 1 atom stereocenters. The molecule has 2 amide bonds. The van der Waals surface area contributed by atoms with Gasteiger partial charge in [-0.15, -0.1) is 0 Å². The van der Waals surface area contributed by atoms with Crippen LogP contribution in [0.2, 0.25) is 0 Å². The summed E-state index contributed by atoms with van der Waals surface area (Å²) in [5, 5.41) is 6.04. The predicted octanol–water partition coefficient (Wildman–Crippen LogP) is 2.49. The van der Waals surface area contributed by atoms with E-state index in [1.807, 2.05) is 34.6 Å². The van der Waals surface area contributed by atoms with Gasteiger partial charge in [0.15, 0.2) is 0 Å². The van der Waals surface area contributed by atoms with Gasteiger partial charge in [-0.05, 0) is 44.4 Å². The number of halogens is 1. The highest BCUT2D eigenvalue weighted by Gasteiger charge is 2.20. The number of hydrogen-bond donors (Lipinski definition) is 2. The maximum absolute atomic E-state index is 13.1. The van der Waals surface area contributed by atoms with Gasteiger partial charge in [0.1, 0.15) is 5.82 Å². The van der Waals surface area contributed by atoms with Gasteiger partial charge >= 0.3 is 0 Å². The summed E-state index contributed by atoms with van der Waals surface area (Å²) in [6.45, 7) is 9.87. The van der Waals surface area contributed by atoms with Crippen LogP contribution in [0, 0.1) is 11.7 Å². The molecule has 0 fully saturated rings. The average molecular weight is 351 g/mol. The molecule has 0 aliphatic heterocycles. The van der Waals surface area contributed by atoms with E-state index in [4.69, 9.17) is 0 Å². The lowest BCUT2D eigenvalue weighted by Gasteiger charge is -2.26. The predicted molar refractivity (Wildman–Crippen MR) is 97.5 cm³/mol. The zero-order valence-electron chi connectivity index (χ0n) is 16.0. The van der Waals surface area contributed by atoms with Crippen LogP contribution in [0.5, 0.6) is 0 Å². The molecule has 0 aliphatic rings. The third-order valence-corrected chi connectivity index (χ3v) is 3.69. The largest absolute Gasteiger partial charge is 0.350 e. The molecular formula is C19H30FN3O2. The Labute approximate surface area is 150 Å². The van der Waals surface area contributed by atoms with Gasteiger partial charge < -0.3 is 15.5 Å². The van der Waals surface area contributed by atoms with Gasteiger partial charge in [-0.2, -0.15) is 0 Å². The summed E-state index contributed by atoms with van der Waals surface area (Å²) < 4.78 is 13.1. The second kappa shape index (κ2) is 8.94. The van der Waals surface area contributed by atoms with Crippen LogP contribution in [0.15, 0.2) is 24.3 Å². The van der Waals surface area contributed by atoms with Crippen LogP contribution in [0.3, 0.4) is 0 Å². The van der Waals surface area contributed by atoms with Gasteiger partial charge in [-0.25, -0.2) is 4.39 Å². The number of nitrogens with one attached hydrogen (secondary N) is 2. The molecule has 0 aliphatic carbocycles. The first kappa shape index (κ1) is 21.1. The summed E-state index contributed by atoms with van der Waals surface area (Å²) >= 11 is 0. The third kappa shape index (κ3) is 7.65. The van der Waals surface area contributed by atoms with Crippen molar-refractivity contribution in [2.45, 2.75) is 46.2 Å². The Kier molecular flexibility index (Phi) is 7.55. The fraction of sp³-hybridized carbons (Fsp3) is 0.579. The van der Waals surface area contributed by atoms with Gasteiger partial charge in [0.05, 0.1) is 13.1 Å². The van der Waals surface area contributed by atoms with Crippen LogP contribution in [0.1, 0.15) is 46.2 Å². The highest BCUT2D eigenvalue weighted by molar-refractivity contribution is 5.85. The SMILES string of the molecule is CC(C)C(NCC(=O)N(C)CC(=O)NC(C)(C)C)c1ccc(F)cc1. The molecule has 25 heavy (non-hydrogen) atoms. The quantitative estimate of drug-likeness (QED) is 0.793. The van der Waals surface area contributed by atoms with Gasteiger partial charge in [0.2, 0.25) is 11.8 Å². The number of rotatable bonds is 7. The second-order valence-electron chi connectivity index (χ2n) is 7.70. The minimum Gasteiger partial charge on any atom is -0.350 e. The molecule has 0 bridgehead atoms. The molecule has 0 aromatic heterocycles. The zero-order valence-corrected chi connectivity index (χ0v) is 16.0. The van der Waals surface area contributed by atoms with Crippen molar-refractivity contribution in [1.82, 2.24) is 15.5 Å². The lowest BCUT2D eigenvalue weighted by molar-refractivity contribution is -0.134. The van der Waals surface area contributed by atoms with Crippen molar-refractivity contribution < 1.29 is 14.0 Å². The lowest BCUT2D eigenvalue weighted by Crippen LogP contribution is -2.47. The molecule has 0 radical (unpaired) electrons. The standard InChI is InChI=1S/C19H30FN3O2/c1-13(2)18(14-7-9-15(20)10-8-14)21-11-17(25)23(6)12-16(24)22-19(3,4)5/h7-10,13,18,21H,11-12H2,1-6H3,(H,22,24). The van der Waals surface area contributed by atoms with Crippen LogP contribution in [-0.4, -0.2) is 42.4 Å². The number of amides is 2. The first-order valence-electron chi connectivity index (χ1n) is 8.53. The van der Waals surface area contributed by atoms with E-state index >= 15 is 0 Å². The molecule has 1 aromatic rings. The number of carbonyl (C=O) groups is 2. The minimum atomic E-state index is -0.329. The van der Waals surface area contributed by atoms with Crippen molar-refractivity contribution in [1.29, 1.82) is 0 Å². The van der Waals surface area contributed by atoms with Crippen molar-refractivity contribution >= 4 is 11.8 Å². The fourth-order valence-corrected chi connectivity index (χ4v) is 2.50. The van der Waals surface area contributed by atoms with Crippen molar-refractivity contribution in [3.05, 3.63) is 35.6 Å². The van der Waals surface area contributed by atoms with Crippen molar-refractivity contribution in [3.8, 4) is 0 Å². The van der Waals surface area contributed by atoms with E-state index in [0.29, 0.717) is 0 Å². The first-order chi connectivity index (χ1) is 11.5. The molecule has 0 spiro atoms. The molecule has 0 saturated heterocycles. The molecule has 2 N–H and O–H groups in total. The zero-order chi connectivity index (χ0) is 19.2. The van der Waals surface area contributed by atoms with Gasteiger partial charge in [0.25, 0.3) is 0 Å². The van der Waals surface area contributed by atoms with E-state index in [0.717, 1.165) is 5.56 Å². The van der Waals surface area contributed by atoms with E-state index in [1.54, 1.807) is 19.2 Å². The number of carbonyl (C=O) groups excluding carboxylic acids is 2. The molecule has 6 heteroatoms. The normalized spacial score (nSPS) is 12.8. The van der Waals surface area contributed by atoms with Crippen molar-refractivity contribution in [2.24, 2.45) is 5.92 Å². The molecule has 1 aromatic carbocycles. The van der Waals surface area contributed by atoms with Crippen molar-refractivity contribution in [2.75, 3.05) is 20.1 Å². The summed E-state index contributed by atoms with van der Waals surface area (Å²) in [5.74, 6) is -0.418. The van der Waals surface area contributed by atoms with Crippen molar-refractivity contribution in [3.63, 3.8) is 0 Å². The second-order valence-corrected chi connectivity index (χ2v) is 7.70. The van der Waals surface area contributed by atoms with Crippen LogP contribution in [0.25, 0.3) is 0 Å². The molecule has 1 unspecified atom stereocenters. The van der Waals surface area contributed by atoms with E-state index in [9.17, 15) is 14.0 Å². The highest BCUT2D eigenvalue weighted by atomic mass is 19.1. The van der Waals surface area contributed by atoms with E-state index in [2.05, 4.69) is 10.6 Å². The van der Waals surface area contributed by atoms with Crippen LogP contribution in [0.4, 0.5) is 4.39 Å². The van der Waals surface area contributed by atoms with Gasteiger partial charge in [-0.3, -0.25) is 9.59 Å². The summed E-state index contributed by atoms with van der Waals surface area (Å²) in [5.41, 5.74) is 0.599. The van der Waals surface area contributed by atoms with E-state index < -0.39 is 0 Å². The number of hydrogen-bond acceptors (Lipinski definition) is 3. The average Bonchev–Trinajstić information content (AvgIpc) is 2.46. The Hall–Kier alpha value is -1.95. The Morgan fingerprint density at radius 3 is 2.20 bits per heavy atom. The van der Waals surface area contributed by atoms with E-state index in [1.165, 1.54) is 17.0 Å². The smallest absolute Gasteiger partial charge is 0.240 e. The minimum absolute atomic E-state index is 0.0146. The maximum Gasteiger partial charge on any atom is 0.240 e. The summed E-state index contributed by atoms with van der Waals surface area (Å²) in [6.07, 6.45) is 0. The van der Waals surface area contributed by atoms with Crippen LogP contribution >= 0.6 is 0 Å². The number of nitrogens with zero attached hydrogens (tertiary/aromatic N) is 1. The van der Waals surface area contributed by atoms with Gasteiger partial charge in [0, 0.05) is 18.6 Å². The molecule has 1 rings (SSSR count). The summed E-state index contributed by atoms with van der Waals surface area (Å²) in [4.78, 5) is 25.6. The Bertz CT molecular complexity index is 579. The maximum atomic E-state index is 13.1. The molecule has 5 nitrogen and oxygen atoms in total. The molecule has 0 heterocycles. The van der Waals surface area contributed by atoms with Gasteiger partial charge in [-0.1, -0.05) is 26.0 Å². The Morgan fingerprint density at radius 1 is 1.16 bits per heavy atom. The van der Waals surface area contributed by atoms with E-state index in [-0.39, 0.29) is 48.2 Å². The Morgan fingerprint density at radius 2 is 1.72 bits per heavy atom. The lowest BCUT2D eigenvalue weighted by atomic mass is 9.96. The molecule has 140 valence electrons. The topological polar surface area (TPSA) is 61.4 Å². The van der Waals surface area contributed by atoms with Crippen LogP contribution < -0.4 is 10.6 Å². The fourth-order valence-electron chi connectivity index (χ4n) is 2.50. The summed E-state index contributed by atoms with van der Waals surface area (Å²) in [6, 6.07) is 6.20. The highest BCUT2D eigenvalue weighted by Crippen LogP contribution is 2.21. The number of benzene rings is 1. The molecule has 0 saturated carbocycles. The third-order valence-electron chi connectivity index (χ3n) is 3.69. The Balaban J connectivity index is 2.59. The monoisotopic (exact) mass is 351 g/mol. The molecular weight excluding hydrogens is 321 g/mol. The van der Waals surface area contributed by atoms with Crippen LogP contribution in [-0.2, 0) is 9.59 Å². The first-order valence-corrected chi connectivity index (χ1v) is 8.53. The summed E-state index contributed by atoms with van der Waals surface area (Å²) in [7, 11) is 1.61.